The summed E-state index contributed by atoms with van der Waals surface area (Å²) in [5.41, 5.74) is 1.32. The third-order valence-electron chi connectivity index (χ3n) is 7.61. The maximum absolute atomic E-state index is 11.3. The van der Waals surface area contributed by atoms with Crippen molar-refractivity contribution in [2.24, 2.45) is 0 Å². The average molecular weight is 459 g/mol. The Kier molecular flexibility index (Phi) is 8.92. The van der Waals surface area contributed by atoms with Crippen molar-refractivity contribution in [3.8, 4) is 0 Å². The highest BCUT2D eigenvalue weighted by atomic mass is 16.5. The Hall–Kier alpha value is -1.77. The van der Waals surface area contributed by atoms with E-state index in [9.17, 15) is 4.79 Å². The van der Waals surface area contributed by atoms with E-state index in [-0.39, 0.29) is 12.5 Å². The van der Waals surface area contributed by atoms with Crippen LogP contribution in [-0.4, -0.2) is 97.8 Å². The Morgan fingerprint density at radius 2 is 1.70 bits per heavy atom. The van der Waals surface area contributed by atoms with Gasteiger partial charge in [-0.2, -0.15) is 0 Å². The zero-order valence-electron chi connectivity index (χ0n) is 20.5. The number of likely N-dealkylation sites (tertiary alicyclic amines) is 2. The van der Waals surface area contributed by atoms with Crippen molar-refractivity contribution in [3.63, 3.8) is 0 Å². The topological polar surface area (TPSA) is 73.8 Å². The number of amides is 1. The largest absolute Gasteiger partial charge is 0.375 e. The first-order valence-corrected chi connectivity index (χ1v) is 12.9. The number of hydrogen-bond donors (Lipinski definition) is 1. The molecule has 0 spiro atoms. The van der Waals surface area contributed by atoms with Crippen molar-refractivity contribution in [2.45, 2.75) is 69.4 Å². The fourth-order valence-electron chi connectivity index (χ4n) is 5.83. The molecule has 3 fully saturated rings. The molecule has 33 heavy (non-hydrogen) atoms. The summed E-state index contributed by atoms with van der Waals surface area (Å²) in [7, 11) is 3.77. The summed E-state index contributed by atoms with van der Waals surface area (Å²) in [5, 5.41) is 2.89. The number of likely N-dealkylation sites (N-methyl/N-ethyl adjacent to an activating group) is 1. The summed E-state index contributed by atoms with van der Waals surface area (Å²) in [6.07, 6.45) is 13.8. The molecule has 8 nitrogen and oxygen atoms in total. The Morgan fingerprint density at radius 3 is 2.36 bits per heavy atom. The van der Waals surface area contributed by atoms with Crippen LogP contribution in [0.4, 0.5) is 5.95 Å². The van der Waals surface area contributed by atoms with Crippen LogP contribution in [0.2, 0.25) is 0 Å². The van der Waals surface area contributed by atoms with Gasteiger partial charge < -0.3 is 24.8 Å². The maximum Gasteiger partial charge on any atom is 0.245 e. The van der Waals surface area contributed by atoms with Gasteiger partial charge in [-0.3, -0.25) is 4.79 Å². The molecule has 2 atom stereocenters. The van der Waals surface area contributed by atoms with Gasteiger partial charge in [0.05, 0.1) is 0 Å². The number of rotatable bonds is 11. The number of aromatic nitrogens is 2. The van der Waals surface area contributed by atoms with Crippen molar-refractivity contribution in [2.75, 3.05) is 64.9 Å². The van der Waals surface area contributed by atoms with Crippen molar-refractivity contribution in [3.05, 3.63) is 18.0 Å². The van der Waals surface area contributed by atoms with Gasteiger partial charge in [0.15, 0.2) is 0 Å². The second-order valence-electron chi connectivity index (χ2n) is 10.1. The smallest absolute Gasteiger partial charge is 0.245 e. The number of carbonyl (C=O) groups excluding carboxylic acids is 1. The normalized spacial score (nSPS) is 24.4. The fraction of sp³-hybridized carbons (Fsp3) is 0.800. The lowest BCUT2D eigenvalue weighted by molar-refractivity contribution is -0.124. The Bertz CT molecular complexity index is 723. The second-order valence-corrected chi connectivity index (χ2v) is 10.1. The Balaban J connectivity index is 1.12. The molecule has 3 saturated heterocycles. The number of methoxy groups -OCH3 is 1. The molecular formula is C25H42N6O2. The minimum Gasteiger partial charge on any atom is -0.375 e. The van der Waals surface area contributed by atoms with Crippen LogP contribution in [0, 0.1) is 0 Å². The zero-order valence-corrected chi connectivity index (χ0v) is 20.5. The van der Waals surface area contributed by atoms with Gasteiger partial charge in [0.2, 0.25) is 11.9 Å². The monoisotopic (exact) mass is 458 g/mol. The molecule has 8 heteroatoms. The highest BCUT2D eigenvalue weighted by Crippen LogP contribution is 2.33. The number of piperidine rings is 1. The molecule has 4 heterocycles. The van der Waals surface area contributed by atoms with Gasteiger partial charge >= 0.3 is 0 Å². The third-order valence-corrected chi connectivity index (χ3v) is 7.61. The summed E-state index contributed by atoms with van der Waals surface area (Å²) in [4.78, 5) is 28.5. The molecule has 2 unspecified atom stereocenters. The molecule has 3 aliphatic rings. The van der Waals surface area contributed by atoms with Gasteiger partial charge in [-0.25, -0.2) is 9.97 Å². The maximum atomic E-state index is 11.3. The molecule has 1 amide bonds. The standard InChI is InChI=1S/C25H42N6O2/c1-29-17-22-7-8-23(18-29)31(22)25-27-15-21(16-28-25)20-9-13-30(14-10-20)12-6-4-3-5-11-26-24(32)19-33-2/h15-16,20,22-23H,3-14,17-19H2,1-2H3,(H,26,32). The molecule has 4 rings (SSSR count). The van der Waals surface area contributed by atoms with Crippen LogP contribution >= 0.6 is 0 Å². The van der Waals surface area contributed by atoms with Gasteiger partial charge in [-0.05, 0) is 76.7 Å². The van der Waals surface area contributed by atoms with Crippen LogP contribution in [0.25, 0.3) is 0 Å². The molecule has 1 aromatic rings. The lowest BCUT2D eigenvalue weighted by Crippen LogP contribution is -2.53. The van der Waals surface area contributed by atoms with Gasteiger partial charge in [0.1, 0.15) is 6.61 Å². The summed E-state index contributed by atoms with van der Waals surface area (Å²) in [6, 6.07) is 1.16. The van der Waals surface area contributed by atoms with E-state index in [4.69, 9.17) is 14.7 Å². The van der Waals surface area contributed by atoms with Crippen LogP contribution in [0.3, 0.4) is 0 Å². The number of ether oxygens (including phenoxy) is 1. The lowest BCUT2D eigenvalue weighted by atomic mass is 9.91. The highest BCUT2D eigenvalue weighted by molar-refractivity contribution is 5.77. The van der Waals surface area contributed by atoms with Crippen LogP contribution in [0.5, 0.6) is 0 Å². The minimum atomic E-state index is -0.0214. The molecule has 3 aliphatic heterocycles. The van der Waals surface area contributed by atoms with E-state index < -0.39 is 0 Å². The van der Waals surface area contributed by atoms with Crippen molar-refractivity contribution in [1.82, 2.24) is 25.1 Å². The summed E-state index contributed by atoms with van der Waals surface area (Å²) in [5.74, 6) is 1.51. The van der Waals surface area contributed by atoms with E-state index in [1.54, 1.807) is 7.11 Å². The van der Waals surface area contributed by atoms with E-state index in [2.05, 4.69) is 39.5 Å². The van der Waals surface area contributed by atoms with Gasteiger partial charge in [-0.1, -0.05) is 12.8 Å². The predicted molar refractivity (Wildman–Crippen MR) is 131 cm³/mol. The first-order chi connectivity index (χ1) is 16.1. The molecule has 0 aromatic carbocycles. The Morgan fingerprint density at radius 1 is 1.03 bits per heavy atom. The van der Waals surface area contributed by atoms with Gasteiger partial charge in [-0.15, -0.1) is 0 Å². The highest BCUT2D eigenvalue weighted by Gasteiger charge is 2.40. The number of carbonyl (C=O) groups is 1. The third kappa shape index (κ3) is 6.64. The molecule has 2 bridgehead atoms. The number of piperazine rings is 1. The molecule has 184 valence electrons. The number of hydrogen-bond acceptors (Lipinski definition) is 7. The summed E-state index contributed by atoms with van der Waals surface area (Å²) >= 11 is 0. The molecule has 1 aromatic heterocycles. The first-order valence-electron chi connectivity index (χ1n) is 12.9. The van der Waals surface area contributed by atoms with Crippen molar-refractivity contribution < 1.29 is 9.53 Å². The average Bonchev–Trinajstić information content (AvgIpc) is 3.10. The molecule has 0 radical (unpaired) electrons. The van der Waals surface area contributed by atoms with Crippen molar-refractivity contribution >= 4 is 11.9 Å². The number of nitrogens with one attached hydrogen (secondary N) is 1. The number of anilines is 1. The molecule has 0 saturated carbocycles. The van der Waals surface area contributed by atoms with Crippen LogP contribution in [0.15, 0.2) is 12.4 Å². The number of unbranched alkanes of at least 4 members (excludes halogenated alkanes) is 3. The number of fused-ring (bicyclic) bond motifs is 2. The van der Waals surface area contributed by atoms with Gasteiger partial charge in [0, 0.05) is 51.2 Å². The van der Waals surface area contributed by atoms with Gasteiger partial charge in [0.25, 0.3) is 0 Å². The second kappa shape index (κ2) is 12.1. The van der Waals surface area contributed by atoms with Crippen molar-refractivity contribution in [1.29, 1.82) is 0 Å². The van der Waals surface area contributed by atoms with E-state index in [0.29, 0.717) is 18.0 Å². The zero-order chi connectivity index (χ0) is 23.0. The van der Waals surface area contributed by atoms with E-state index in [1.165, 1.54) is 70.1 Å². The van der Waals surface area contributed by atoms with E-state index >= 15 is 0 Å². The SMILES string of the molecule is COCC(=O)NCCCCCCN1CCC(c2cnc(N3C4CCC3CN(C)C4)nc2)CC1. The quantitative estimate of drug-likeness (QED) is 0.510. The predicted octanol–water partition coefficient (Wildman–Crippen LogP) is 2.26. The lowest BCUT2D eigenvalue weighted by Gasteiger charge is -2.39. The fourth-order valence-corrected chi connectivity index (χ4v) is 5.83. The van der Waals surface area contributed by atoms with Crippen LogP contribution in [0.1, 0.15) is 62.8 Å². The van der Waals surface area contributed by atoms with Crippen LogP contribution in [-0.2, 0) is 9.53 Å². The summed E-state index contributed by atoms with van der Waals surface area (Å²) < 4.78 is 4.82. The molecule has 1 N–H and O–H groups in total. The molecular weight excluding hydrogens is 416 g/mol. The summed E-state index contributed by atoms with van der Waals surface area (Å²) in [6.45, 7) is 6.69. The van der Waals surface area contributed by atoms with E-state index in [0.717, 1.165) is 32.0 Å². The van der Waals surface area contributed by atoms with Crippen LogP contribution < -0.4 is 10.2 Å². The Labute approximate surface area is 199 Å². The number of nitrogens with zero attached hydrogens (tertiary/aromatic N) is 5. The minimum absolute atomic E-state index is 0.0214. The molecule has 0 aliphatic carbocycles. The van der Waals surface area contributed by atoms with E-state index in [1.807, 2.05) is 0 Å². The first kappa shape index (κ1) is 24.4.